The molecule has 1 aromatic heterocycles. The van der Waals surface area contributed by atoms with Gasteiger partial charge >= 0.3 is 5.97 Å². The molecule has 0 aliphatic rings. The first-order valence-corrected chi connectivity index (χ1v) is 7.05. The van der Waals surface area contributed by atoms with Gasteiger partial charge in [-0.3, -0.25) is 4.79 Å². The van der Waals surface area contributed by atoms with Gasteiger partial charge in [-0.15, -0.1) is 11.3 Å². The number of benzene rings is 1. The van der Waals surface area contributed by atoms with E-state index in [1.165, 1.54) is 11.3 Å². The third-order valence-corrected chi connectivity index (χ3v) is 3.98. The molecule has 1 aromatic carbocycles. The molecule has 104 valence electrons. The number of carboxylic acids is 1. The first-order valence-electron chi connectivity index (χ1n) is 5.86. The van der Waals surface area contributed by atoms with Gasteiger partial charge in [-0.1, -0.05) is 41.0 Å². The van der Waals surface area contributed by atoms with Crippen LogP contribution < -0.4 is 0 Å². The summed E-state index contributed by atoms with van der Waals surface area (Å²) in [4.78, 5) is 26.2. The summed E-state index contributed by atoms with van der Waals surface area (Å²) in [5.74, 6) is -0.936. The highest BCUT2D eigenvalue weighted by molar-refractivity contribution is 7.18. The lowest BCUT2D eigenvalue weighted by molar-refractivity contribution is -0.137. The summed E-state index contributed by atoms with van der Waals surface area (Å²) in [5.41, 5.74) is 1.65. The first kappa shape index (κ1) is 14.6. The van der Waals surface area contributed by atoms with Crippen molar-refractivity contribution in [1.82, 2.24) is 4.98 Å². The molecule has 20 heavy (non-hydrogen) atoms. The van der Waals surface area contributed by atoms with Crippen molar-refractivity contribution in [2.45, 2.75) is 18.9 Å². The fourth-order valence-corrected chi connectivity index (χ4v) is 2.74. The molecule has 1 atom stereocenters. The maximum atomic E-state index is 10.8. The van der Waals surface area contributed by atoms with Crippen molar-refractivity contribution in [3.05, 3.63) is 45.4 Å². The topological polar surface area (TPSA) is 79.6 Å². The molecule has 1 N–H and O–H groups in total. The van der Waals surface area contributed by atoms with Gasteiger partial charge in [0.1, 0.15) is 6.04 Å². The molecule has 0 saturated heterocycles. The molecule has 2 rings (SSSR count). The largest absolute Gasteiger partial charge is 0.481 e. The molecule has 0 aliphatic heterocycles. The van der Waals surface area contributed by atoms with Gasteiger partial charge < -0.3 is 5.11 Å². The zero-order valence-electron chi connectivity index (χ0n) is 10.3. The highest BCUT2D eigenvalue weighted by Crippen LogP contribution is 2.30. The van der Waals surface area contributed by atoms with Crippen molar-refractivity contribution in [3.63, 3.8) is 0 Å². The van der Waals surface area contributed by atoms with Crippen molar-refractivity contribution in [2.24, 2.45) is 5.18 Å². The summed E-state index contributed by atoms with van der Waals surface area (Å²) in [6.45, 7) is 0. The molecule has 0 saturated carbocycles. The normalized spacial score (nSPS) is 12.1. The Labute approximate surface area is 124 Å². The Morgan fingerprint density at radius 2 is 2.10 bits per heavy atom. The highest BCUT2D eigenvalue weighted by Gasteiger charge is 2.14. The maximum absolute atomic E-state index is 10.8. The second-order valence-corrected chi connectivity index (χ2v) is 5.77. The number of carboxylic acid groups (broad SMARTS) is 1. The Hall–Kier alpha value is -1.79. The zero-order valence-corrected chi connectivity index (χ0v) is 11.9. The number of thiazole rings is 1. The quantitative estimate of drug-likeness (QED) is 0.813. The van der Waals surface area contributed by atoms with Crippen LogP contribution in [0.5, 0.6) is 0 Å². The number of nitroso groups, excluding NO2 is 1. The van der Waals surface area contributed by atoms with Gasteiger partial charge in [0.15, 0.2) is 4.47 Å². The van der Waals surface area contributed by atoms with Crippen LogP contribution in [-0.2, 0) is 4.79 Å². The van der Waals surface area contributed by atoms with E-state index in [2.05, 4.69) is 10.2 Å². The Bertz CT molecular complexity index is 612. The molecule has 0 spiro atoms. The van der Waals surface area contributed by atoms with E-state index in [0.29, 0.717) is 10.0 Å². The van der Waals surface area contributed by atoms with E-state index in [1.54, 1.807) is 18.3 Å². The molecular weight excluding hydrogens is 300 g/mol. The number of aromatic nitrogens is 1. The number of carbonyl (C=O) groups is 1. The van der Waals surface area contributed by atoms with Gasteiger partial charge in [-0.25, -0.2) is 4.98 Å². The average Bonchev–Trinajstić information content (AvgIpc) is 2.86. The SMILES string of the molecule is O=NC(CCC(=O)O)c1ccc(-c2cnc(Cl)s2)cc1. The van der Waals surface area contributed by atoms with E-state index < -0.39 is 12.0 Å². The van der Waals surface area contributed by atoms with Crippen LogP contribution in [0.4, 0.5) is 0 Å². The monoisotopic (exact) mass is 310 g/mol. The van der Waals surface area contributed by atoms with Gasteiger partial charge in [0, 0.05) is 12.6 Å². The zero-order chi connectivity index (χ0) is 14.5. The number of aliphatic carboxylic acids is 1. The van der Waals surface area contributed by atoms with E-state index in [1.807, 2.05) is 12.1 Å². The standard InChI is InChI=1S/C13H11ClN2O3S/c14-13-15-7-11(20-13)9-3-1-8(2-4-9)10(16-19)5-6-12(17)18/h1-4,7,10H,5-6H2,(H,17,18). The summed E-state index contributed by atoms with van der Waals surface area (Å²) in [6.07, 6.45) is 1.80. The van der Waals surface area contributed by atoms with Crippen LogP contribution in [0.3, 0.4) is 0 Å². The molecule has 0 radical (unpaired) electrons. The van der Waals surface area contributed by atoms with Crippen LogP contribution in [0, 0.1) is 4.91 Å². The molecule has 7 heteroatoms. The number of hydrogen-bond donors (Lipinski definition) is 1. The van der Waals surface area contributed by atoms with Gasteiger partial charge in [0.25, 0.3) is 0 Å². The number of nitrogens with zero attached hydrogens (tertiary/aromatic N) is 2. The predicted molar refractivity (Wildman–Crippen MR) is 78.0 cm³/mol. The molecule has 2 aromatic rings. The Kier molecular flexibility index (Phi) is 4.81. The lowest BCUT2D eigenvalue weighted by Crippen LogP contribution is -2.00. The molecule has 0 aliphatic carbocycles. The van der Waals surface area contributed by atoms with Crippen LogP contribution in [0.15, 0.2) is 35.6 Å². The second-order valence-electron chi connectivity index (χ2n) is 4.15. The van der Waals surface area contributed by atoms with E-state index in [9.17, 15) is 9.70 Å². The van der Waals surface area contributed by atoms with E-state index in [-0.39, 0.29) is 12.8 Å². The second kappa shape index (κ2) is 6.58. The smallest absolute Gasteiger partial charge is 0.303 e. The highest BCUT2D eigenvalue weighted by atomic mass is 35.5. The first-order chi connectivity index (χ1) is 9.60. The summed E-state index contributed by atoms with van der Waals surface area (Å²) < 4.78 is 0.470. The fourth-order valence-electron chi connectivity index (χ4n) is 1.80. The van der Waals surface area contributed by atoms with Crippen molar-refractivity contribution < 1.29 is 9.90 Å². The molecule has 0 amide bonds. The van der Waals surface area contributed by atoms with Crippen LogP contribution in [-0.4, -0.2) is 16.1 Å². The van der Waals surface area contributed by atoms with Crippen LogP contribution in [0.1, 0.15) is 24.4 Å². The minimum Gasteiger partial charge on any atom is -0.481 e. The van der Waals surface area contributed by atoms with Crippen LogP contribution in [0.2, 0.25) is 4.47 Å². The Morgan fingerprint density at radius 3 is 2.60 bits per heavy atom. The van der Waals surface area contributed by atoms with Crippen molar-refractivity contribution >= 4 is 28.9 Å². The van der Waals surface area contributed by atoms with Gasteiger partial charge in [-0.2, -0.15) is 4.91 Å². The minimum atomic E-state index is -0.936. The lowest BCUT2D eigenvalue weighted by Gasteiger charge is -2.08. The summed E-state index contributed by atoms with van der Waals surface area (Å²) in [7, 11) is 0. The van der Waals surface area contributed by atoms with E-state index >= 15 is 0 Å². The number of rotatable bonds is 6. The van der Waals surface area contributed by atoms with Gasteiger partial charge in [0.2, 0.25) is 0 Å². The van der Waals surface area contributed by atoms with Gasteiger partial charge in [-0.05, 0) is 17.5 Å². The maximum Gasteiger partial charge on any atom is 0.303 e. The minimum absolute atomic E-state index is 0.0807. The Balaban J connectivity index is 2.14. The van der Waals surface area contributed by atoms with Crippen molar-refractivity contribution in [2.75, 3.05) is 0 Å². The molecule has 1 heterocycles. The van der Waals surface area contributed by atoms with E-state index in [4.69, 9.17) is 16.7 Å². The molecular formula is C13H11ClN2O3S. The molecule has 5 nitrogen and oxygen atoms in total. The molecule has 0 bridgehead atoms. The van der Waals surface area contributed by atoms with Gasteiger partial charge in [0.05, 0.1) is 4.88 Å². The number of hydrogen-bond acceptors (Lipinski definition) is 5. The van der Waals surface area contributed by atoms with E-state index in [0.717, 1.165) is 10.4 Å². The van der Waals surface area contributed by atoms with Crippen LogP contribution in [0.25, 0.3) is 10.4 Å². The average molecular weight is 311 g/mol. The third kappa shape index (κ3) is 3.61. The summed E-state index contributed by atoms with van der Waals surface area (Å²) in [6, 6.07) is 6.61. The predicted octanol–water partition coefficient (Wildman–Crippen LogP) is 4.14. The molecule has 1 unspecified atom stereocenters. The fraction of sp³-hybridized carbons (Fsp3) is 0.231. The summed E-state index contributed by atoms with van der Waals surface area (Å²) in [5, 5.41) is 11.6. The lowest BCUT2D eigenvalue weighted by atomic mass is 10.0. The molecule has 0 fully saturated rings. The Morgan fingerprint density at radius 1 is 1.40 bits per heavy atom. The third-order valence-electron chi connectivity index (χ3n) is 2.82. The number of halogens is 1. The summed E-state index contributed by atoms with van der Waals surface area (Å²) >= 11 is 7.15. The van der Waals surface area contributed by atoms with Crippen molar-refractivity contribution in [3.8, 4) is 10.4 Å². The van der Waals surface area contributed by atoms with Crippen molar-refractivity contribution in [1.29, 1.82) is 0 Å². The van der Waals surface area contributed by atoms with Crippen LogP contribution >= 0.6 is 22.9 Å².